The lowest BCUT2D eigenvalue weighted by Gasteiger charge is -2.08. The molecule has 5 nitrogen and oxygen atoms in total. The first kappa shape index (κ1) is 13.4. The smallest absolute Gasteiger partial charge is 0.328 e. The number of aromatic nitrogens is 2. The van der Waals surface area contributed by atoms with Crippen molar-refractivity contribution in [3.05, 3.63) is 30.6 Å². The van der Waals surface area contributed by atoms with Crippen molar-refractivity contribution in [2.24, 2.45) is 0 Å². The third kappa shape index (κ3) is 4.09. The van der Waals surface area contributed by atoms with E-state index in [0.717, 1.165) is 6.42 Å². The molecule has 0 saturated carbocycles. The molecule has 16 heavy (non-hydrogen) atoms. The Morgan fingerprint density at radius 1 is 1.50 bits per heavy atom. The Labute approximate surface area is 107 Å². The van der Waals surface area contributed by atoms with Gasteiger partial charge in [-0.15, -0.1) is 0 Å². The lowest BCUT2D eigenvalue weighted by Crippen LogP contribution is -2.31. The summed E-state index contributed by atoms with van der Waals surface area (Å²) in [6, 6.07) is 0. The van der Waals surface area contributed by atoms with E-state index < -0.39 is 0 Å². The number of hydrogen-bond acceptors (Lipinski definition) is 3. The maximum Gasteiger partial charge on any atom is 0.328 e. The first-order chi connectivity index (χ1) is 7.50. The summed E-state index contributed by atoms with van der Waals surface area (Å²) in [5.74, 6) is 0. The van der Waals surface area contributed by atoms with Crippen molar-refractivity contribution in [3.8, 4) is 0 Å². The van der Waals surface area contributed by atoms with Crippen LogP contribution in [0.3, 0.4) is 0 Å². The molecular weight excluding hydrogens is 323 g/mol. The zero-order chi connectivity index (χ0) is 12.1. The fraction of sp³-hybridized carbons (Fsp3) is 0.600. The van der Waals surface area contributed by atoms with Gasteiger partial charge in [-0.1, -0.05) is 0 Å². The number of aryl methyl sites for hydroxylation is 1. The largest absolute Gasteiger partial charge is 0.379 e. The molecule has 0 fully saturated rings. The van der Waals surface area contributed by atoms with Crippen molar-refractivity contribution in [3.63, 3.8) is 0 Å². The van der Waals surface area contributed by atoms with Gasteiger partial charge in [-0.2, -0.15) is 0 Å². The van der Waals surface area contributed by atoms with Crippen LogP contribution < -0.4 is 11.2 Å². The van der Waals surface area contributed by atoms with Crippen molar-refractivity contribution >= 4 is 22.6 Å². The number of nitrogens with one attached hydrogen (secondary N) is 1. The molecular formula is C10H15IN2O3. The van der Waals surface area contributed by atoms with Gasteiger partial charge in [0.2, 0.25) is 0 Å². The second-order valence-corrected chi connectivity index (χ2v) is 4.86. The molecule has 0 radical (unpaired) electrons. The summed E-state index contributed by atoms with van der Waals surface area (Å²) in [6.45, 7) is 5.10. The molecule has 0 bridgehead atoms. The molecule has 0 spiro atoms. The van der Waals surface area contributed by atoms with E-state index >= 15 is 0 Å². The molecule has 1 rings (SSSR count). The maximum atomic E-state index is 11.4. The molecule has 0 unspecified atom stereocenters. The molecule has 1 N–H and O–H groups in total. The van der Waals surface area contributed by atoms with Crippen molar-refractivity contribution in [2.45, 2.75) is 32.9 Å². The standard InChI is InChI=1S/C10H15IN2O3/c1-7(2)16-5-3-4-13-6-8(11)9(14)12-10(13)15/h6-7H,3-5H2,1-2H3,(H,12,14,15). The Morgan fingerprint density at radius 3 is 2.81 bits per heavy atom. The van der Waals surface area contributed by atoms with Crippen molar-refractivity contribution < 1.29 is 4.74 Å². The summed E-state index contributed by atoms with van der Waals surface area (Å²) in [4.78, 5) is 24.8. The van der Waals surface area contributed by atoms with Gasteiger partial charge in [0, 0.05) is 19.3 Å². The minimum absolute atomic E-state index is 0.201. The van der Waals surface area contributed by atoms with Gasteiger partial charge in [0.15, 0.2) is 0 Å². The van der Waals surface area contributed by atoms with E-state index in [9.17, 15) is 9.59 Å². The first-order valence-corrected chi connectivity index (χ1v) is 6.19. The molecule has 1 aromatic rings. The van der Waals surface area contributed by atoms with Crippen LogP contribution in [0.4, 0.5) is 0 Å². The molecule has 0 aliphatic heterocycles. The number of hydrogen-bond donors (Lipinski definition) is 1. The van der Waals surface area contributed by atoms with Gasteiger partial charge in [-0.25, -0.2) is 4.79 Å². The van der Waals surface area contributed by atoms with Crippen molar-refractivity contribution in [1.82, 2.24) is 9.55 Å². The SMILES string of the molecule is CC(C)OCCCn1cc(I)c(=O)[nH]c1=O. The third-order valence-electron chi connectivity index (χ3n) is 1.96. The van der Waals surface area contributed by atoms with E-state index in [-0.39, 0.29) is 17.4 Å². The predicted molar refractivity (Wildman–Crippen MR) is 69.7 cm³/mol. The van der Waals surface area contributed by atoms with E-state index in [1.54, 1.807) is 6.20 Å². The summed E-state index contributed by atoms with van der Waals surface area (Å²) >= 11 is 1.90. The molecule has 0 amide bonds. The summed E-state index contributed by atoms with van der Waals surface area (Å²) < 4.78 is 7.38. The van der Waals surface area contributed by atoms with Crippen molar-refractivity contribution in [2.75, 3.05) is 6.61 Å². The quantitative estimate of drug-likeness (QED) is 0.642. The second kappa shape index (κ2) is 6.19. The number of H-pyrrole nitrogens is 1. The van der Waals surface area contributed by atoms with Crippen LogP contribution in [0, 0.1) is 3.57 Å². The Kier molecular flexibility index (Phi) is 5.20. The molecule has 0 atom stereocenters. The van der Waals surface area contributed by atoms with E-state index in [2.05, 4.69) is 4.98 Å². The van der Waals surface area contributed by atoms with E-state index in [1.165, 1.54) is 4.57 Å². The zero-order valence-corrected chi connectivity index (χ0v) is 11.5. The van der Waals surface area contributed by atoms with E-state index in [0.29, 0.717) is 16.7 Å². The molecule has 90 valence electrons. The van der Waals surface area contributed by atoms with Crippen LogP contribution in [0.2, 0.25) is 0 Å². The fourth-order valence-corrected chi connectivity index (χ4v) is 1.67. The Balaban J connectivity index is 2.58. The van der Waals surface area contributed by atoms with Crippen LogP contribution in [-0.4, -0.2) is 22.3 Å². The normalized spacial score (nSPS) is 11.0. The highest BCUT2D eigenvalue weighted by molar-refractivity contribution is 14.1. The van der Waals surface area contributed by atoms with Gasteiger partial charge < -0.3 is 4.74 Å². The van der Waals surface area contributed by atoms with Crippen LogP contribution in [0.25, 0.3) is 0 Å². The van der Waals surface area contributed by atoms with Crippen LogP contribution in [-0.2, 0) is 11.3 Å². The lowest BCUT2D eigenvalue weighted by atomic mass is 10.4. The zero-order valence-electron chi connectivity index (χ0n) is 9.33. The Morgan fingerprint density at radius 2 is 2.19 bits per heavy atom. The summed E-state index contributed by atoms with van der Waals surface area (Å²) in [7, 11) is 0. The second-order valence-electron chi connectivity index (χ2n) is 3.70. The molecule has 0 aliphatic carbocycles. The molecule has 0 saturated heterocycles. The topological polar surface area (TPSA) is 64.1 Å². The number of rotatable bonds is 5. The fourth-order valence-electron chi connectivity index (χ4n) is 1.20. The average molecular weight is 338 g/mol. The first-order valence-electron chi connectivity index (χ1n) is 5.11. The third-order valence-corrected chi connectivity index (χ3v) is 2.73. The number of ether oxygens (including phenoxy) is 1. The Hall–Kier alpha value is -0.630. The summed E-state index contributed by atoms with van der Waals surface area (Å²) in [5.41, 5.74) is -0.699. The molecule has 0 aromatic carbocycles. The molecule has 1 heterocycles. The monoisotopic (exact) mass is 338 g/mol. The minimum Gasteiger partial charge on any atom is -0.379 e. The average Bonchev–Trinajstić information content (AvgIpc) is 2.19. The number of aromatic amines is 1. The summed E-state index contributed by atoms with van der Waals surface area (Å²) in [5, 5.41) is 0. The van der Waals surface area contributed by atoms with Crippen LogP contribution >= 0.6 is 22.6 Å². The molecule has 6 heteroatoms. The lowest BCUT2D eigenvalue weighted by molar-refractivity contribution is 0.0746. The highest BCUT2D eigenvalue weighted by Gasteiger charge is 2.01. The van der Waals surface area contributed by atoms with Crippen molar-refractivity contribution in [1.29, 1.82) is 0 Å². The van der Waals surface area contributed by atoms with Gasteiger partial charge in [0.05, 0.1) is 9.67 Å². The van der Waals surface area contributed by atoms with Gasteiger partial charge in [-0.05, 0) is 42.9 Å². The number of nitrogens with zero attached hydrogens (tertiary/aromatic N) is 1. The van der Waals surface area contributed by atoms with E-state index in [1.807, 2.05) is 36.4 Å². The van der Waals surface area contributed by atoms with Crippen LogP contribution in [0.1, 0.15) is 20.3 Å². The van der Waals surface area contributed by atoms with Gasteiger partial charge in [-0.3, -0.25) is 14.3 Å². The maximum absolute atomic E-state index is 11.4. The predicted octanol–water partition coefficient (Wildman–Crippen LogP) is 0.956. The number of halogens is 1. The summed E-state index contributed by atoms with van der Waals surface area (Å²) in [6.07, 6.45) is 2.52. The highest BCUT2D eigenvalue weighted by Crippen LogP contribution is 1.95. The van der Waals surface area contributed by atoms with Crippen LogP contribution in [0.5, 0.6) is 0 Å². The van der Waals surface area contributed by atoms with Gasteiger partial charge >= 0.3 is 5.69 Å². The van der Waals surface area contributed by atoms with Crippen LogP contribution in [0.15, 0.2) is 15.8 Å². The van der Waals surface area contributed by atoms with Gasteiger partial charge in [0.1, 0.15) is 0 Å². The molecule has 0 aliphatic rings. The highest BCUT2D eigenvalue weighted by atomic mass is 127. The Bertz CT molecular complexity index is 450. The van der Waals surface area contributed by atoms with Gasteiger partial charge in [0.25, 0.3) is 5.56 Å². The van der Waals surface area contributed by atoms with E-state index in [4.69, 9.17) is 4.74 Å². The molecule has 1 aromatic heterocycles. The minimum atomic E-state index is -0.366.